The quantitative estimate of drug-likeness (QED) is 0.363. The zero-order valence-electron chi connectivity index (χ0n) is 20.7. The Kier molecular flexibility index (Phi) is 9.60. The molecule has 8 heteroatoms. The Hall–Kier alpha value is -3.00. The summed E-state index contributed by atoms with van der Waals surface area (Å²) in [6.07, 6.45) is 1.80. The second kappa shape index (κ2) is 12.6. The van der Waals surface area contributed by atoms with Crippen LogP contribution in [-0.4, -0.2) is 54.5 Å². The highest BCUT2D eigenvalue weighted by atomic mass is 32.2. The molecule has 1 amide bonds. The molecule has 0 aliphatic carbocycles. The number of rotatable bonds is 10. The van der Waals surface area contributed by atoms with Crippen LogP contribution >= 0.6 is 11.8 Å². The first-order chi connectivity index (χ1) is 16.8. The van der Waals surface area contributed by atoms with E-state index in [0.29, 0.717) is 5.92 Å². The van der Waals surface area contributed by atoms with Gasteiger partial charge in [-0.25, -0.2) is 4.79 Å². The molecule has 1 aliphatic heterocycles. The number of carboxylic acid groups (broad SMARTS) is 1. The van der Waals surface area contributed by atoms with Gasteiger partial charge >= 0.3 is 5.97 Å². The predicted molar refractivity (Wildman–Crippen MR) is 140 cm³/mol. The number of methoxy groups -OCH3 is 1. The van der Waals surface area contributed by atoms with Gasteiger partial charge in [-0.2, -0.15) is 11.8 Å². The van der Waals surface area contributed by atoms with Gasteiger partial charge in [0, 0.05) is 17.9 Å². The van der Waals surface area contributed by atoms with Gasteiger partial charge in [0.15, 0.2) is 0 Å². The summed E-state index contributed by atoms with van der Waals surface area (Å²) in [7, 11) is 3.04. The average molecular weight is 499 g/mol. The summed E-state index contributed by atoms with van der Waals surface area (Å²) in [6, 6.07) is 12.8. The summed E-state index contributed by atoms with van der Waals surface area (Å²) in [5, 5.41) is 16.4. The van der Waals surface area contributed by atoms with E-state index in [0.717, 1.165) is 46.8 Å². The topological polar surface area (TPSA) is 97.2 Å². The highest BCUT2D eigenvalue weighted by molar-refractivity contribution is 7.99. The predicted octanol–water partition coefficient (Wildman–Crippen LogP) is 4.74. The fourth-order valence-corrected chi connectivity index (χ4v) is 5.28. The SMILES string of the molecule is CON=C(C(=O)N[C@@H](Cc1ccc(-c2cc(C(C)C)ccc2OC)cc1)C(=O)O)C1CCSCC1. The number of carboxylic acids is 1. The first-order valence-corrected chi connectivity index (χ1v) is 13.0. The maximum atomic E-state index is 12.9. The largest absolute Gasteiger partial charge is 0.496 e. The maximum absolute atomic E-state index is 12.9. The van der Waals surface area contributed by atoms with Crippen LogP contribution < -0.4 is 10.1 Å². The van der Waals surface area contributed by atoms with Crippen molar-refractivity contribution in [1.29, 1.82) is 0 Å². The van der Waals surface area contributed by atoms with Gasteiger partial charge in [0.2, 0.25) is 0 Å². The Bertz CT molecular complexity index is 1050. The van der Waals surface area contributed by atoms with Crippen LogP contribution in [-0.2, 0) is 20.8 Å². The smallest absolute Gasteiger partial charge is 0.326 e. The maximum Gasteiger partial charge on any atom is 0.326 e. The third kappa shape index (κ3) is 7.01. The number of carbonyl (C=O) groups is 2. The fraction of sp³-hybridized carbons (Fsp3) is 0.444. The lowest BCUT2D eigenvalue weighted by molar-refractivity contribution is -0.141. The van der Waals surface area contributed by atoms with Crippen molar-refractivity contribution in [2.75, 3.05) is 25.7 Å². The molecule has 0 aromatic heterocycles. The molecule has 0 spiro atoms. The first-order valence-electron chi connectivity index (χ1n) is 11.8. The van der Waals surface area contributed by atoms with Crippen LogP contribution in [0.5, 0.6) is 5.75 Å². The Morgan fingerprint density at radius 3 is 2.37 bits per heavy atom. The number of thioether (sulfide) groups is 1. The van der Waals surface area contributed by atoms with Gasteiger partial charge in [-0.1, -0.05) is 49.3 Å². The number of carbonyl (C=O) groups excluding carboxylic acids is 1. The molecule has 3 rings (SSSR count). The van der Waals surface area contributed by atoms with Gasteiger partial charge < -0.3 is 20.0 Å². The monoisotopic (exact) mass is 498 g/mol. The molecule has 0 bridgehead atoms. The summed E-state index contributed by atoms with van der Waals surface area (Å²) in [5.41, 5.74) is 4.25. The van der Waals surface area contributed by atoms with Crippen LogP contribution in [0.2, 0.25) is 0 Å². The van der Waals surface area contributed by atoms with Crippen LogP contribution in [0.1, 0.15) is 43.7 Å². The number of hydrogen-bond donors (Lipinski definition) is 2. The van der Waals surface area contributed by atoms with Gasteiger partial charge in [0.25, 0.3) is 5.91 Å². The number of benzene rings is 2. The lowest BCUT2D eigenvalue weighted by atomic mass is 9.94. The van der Waals surface area contributed by atoms with E-state index in [9.17, 15) is 14.7 Å². The van der Waals surface area contributed by atoms with Crippen molar-refractivity contribution in [1.82, 2.24) is 5.32 Å². The van der Waals surface area contributed by atoms with E-state index in [-0.39, 0.29) is 18.1 Å². The molecule has 1 atom stereocenters. The highest BCUT2D eigenvalue weighted by Crippen LogP contribution is 2.33. The van der Waals surface area contributed by atoms with Crippen molar-refractivity contribution < 1.29 is 24.3 Å². The molecule has 1 saturated heterocycles. The van der Waals surface area contributed by atoms with Crippen LogP contribution in [0.3, 0.4) is 0 Å². The van der Waals surface area contributed by atoms with Crippen molar-refractivity contribution in [2.45, 2.75) is 45.1 Å². The molecule has 188 valence electrons. The van der Waals surface area contributed by atoms with Gasteiger partial charge in [-0.3, -0.25) is 4.79 Å². The van der Waals surface area contributed by atoms with Crippen LogP contribution in [0.4, 0.5) is 0 Å². The van der Waals surface area contributed by atoms with Gasteiger partial charge in [0.05, 0.1) is 7.11 Å². The summed E-state index contributed by atoms with van der Waals surface area (Å²) < 4.78 is 5.55. The van der Waals surface area contributed by atoms with Gasteiger partial charge in [-0.05, 0) is 59.1 Å². The number of oxime groups is 1. The Labute approximate surface area is 211 Å². The average Bonchev–Trinajstić information content (AvgIpc) is 2.87. The summed E-state index contributed by atoms with van der Waals surface area (Å²) in [5.74, 6) is 1.46. The van der Waals surface area contributed by atoms with E-state index in [1.54, 1.807) is 7.11 Å². The van der Waals surface area contributed by atoms with E-state index in [1.165, 1.54) is 12.7 Å². The first kappa shape index (κ1) is 26.6. The number of amides is 1. The van der Waals surface area contributed by atoms with Gasteiger partial charge in [-0.15, -0.1) is 0 Å². The second-order valence-electron chi connectivity index (χ2n) is 8.93. The minimum Gasteiger partial charge on any atom is -0.496 e. The van der Waals surface area contributed by atoms with Crippen molar-refractivity contribution in [3.63, 3.8) is 0 Å². The molecule has 2 aromatic carbocycles. The summed E-state index contributed by atoms with van der Waals surface area (Å²) >= 11 is 1.84. The molecule has 1 fully saturated rings. The molecule has 0 unspecified atom stereocenters. The molecular formula is C27H34N2O5S. The number of ether oxygens (including phenoxy) is 1. The third-order valence-electron chi connectivity index (χ3n) is 6.23. The van der Waals surface area contributed by atoms with Crippen LogP contribution in [0, 0.1) is 5.92 Å². The molecule has 35 heavy (non-hydrogen) atoms. The molecule has 1 heterocycles. The van der Waals surface area contributed by atoms with E-state index < -0.39 is 17.9 Å². The van der Waals surface area contributed by atoms with Crippen LogP contribution in [0.15, 0.2) is 47.6 Å². The Morgan fingerprint density at radius 2 is 1.80 bits per heavy atom. The zero-order chi connectivity index (χ0) is 25.4. The standard InChI is InChI=1S/C27H34N2O5S/c1-17(2)21-9-10-24(33-3)22(16-21)19-7-5-18(6-8-19)15-23(27(31)32)28-26(30)25(29-34-4)20-11-13-35-14-12-20/h5-10,16-17,20,23H,11-15H2,1-4H3,(H,28,30)(H,31,32)/t23-/m0/s1. The second-order valence-corrected chi connectivity index (χ2v) is 10.2. The fourth-order valence-electron chi connectivity index (χ4n) is 4.17. The Balaban J connectivity index is 1.75. The summed E-state index contributed by atoms with van der Waals surface area (Å²) in [4.78, 5) is 29.8. The molecule has 1 aliphatic rings. The van der Waals surface area contributed by atoms with E-state index in [2.05, 4.69) is 36.5 Å². The number of hydrogen-bond acceptors (Lipinski definition) is 6. The van der Waals surface area contributed by atoms with Gasteiger partial charge in [0.1, 0.15) is 24.6 Å². The normalized spacial score (nSPS) is 15.5. The van der Waals surface area contributed by atoms with Crippen molar-refractivity contribution in [3.05, 3.63) is 53.6 Å². The number of aliphatic carboxylic acids is 1. The van der Waals surface area contributed by atoms with Crippen molar-refractivity contribution in [3.8, 4) is 16.9 Å². The third-order valence-corrected chi connectivity index (χ3v) is 7.28. The molecule has 0 saturated carbocycles. The highest BCUT2D eigenvalue weighted by Gasteiger charge is 2.29. The minimum absolute atomic E-state index is 0.0264. The van der Waals surface area contributed by atoms with E-state index in [1.807, 2.05) is 42.1 Å². The summed E-state index contributed by atoms with van der Waals surface area (Å²) in [6.45, 7) is 4.29. The molecule has 7 nitrogen and oxygen atoms in total. The van der Waals surface area contributed by atoms with Crippen LogP contribution in [0.25, 0.3) is 11.1 Å². The lowest BCUT2D eigenvalue weighted by Gasteiger charge is -2.23. The molecular weight excluding hydrogens is 464 g/mol. The molecule has 0 radical (unpaired) electrons. The van der Waals surface area contributed by atoms with E-state index in [4.69, 9.17) is 9.57 Å². The molecule has 2 N–H and O–H groups in total. The number of nitrogens with zero attached hydrogens (tertiary/aromatic N) is 1. The van der Waals surface area contributed by atoms with E-state index >= 15 is 0 Å². The molecule has 2 aromatic rings. The number of nitrogens with one attached hydrogen (secondary N) is 1. The van der Waals surface area contributed by atoms with Crippen molar-refractivity contribution in [2.24, 2.45) is 11.1 Å². The lowest BCUT2D eigenvalue weighted by Crippen LogP contribution is -2.47. The minimum atomic E-state index is -1.09. The zero-order valence-corrected chi connectivity index (χ0v) is 21.6. The van der Waals surface area contributed by atoms with Crippen molar-refractivity contribution >= 4 is 29.4 Å². The Morgan fingerprint density at radius 1 is 1.11 bits per heavy atom.